The number of hydrogen-bond donors (Lipinski definition) is 1. The van der Waals surface area contributed by atoms with Crippen LogP contribution in [0, 0.1) is 16.7 Å². The second kappa shape index (κ2) is 4.79. The van der Waals surface area contributed by atoms with Crippen molar-refractivity contribution in [1.82, 2.24) is 5.32 Å². The molecule has 0 aliphatic heterocycles. The van der Waals surface area contributed by atoms with Gasteiger partial charge in [0.05, 0.1) is 6.10 Å². The Bertz CT molecular complexity index is 297. The molecular formula is C16H31NO. The van der Waals surface area contributed by atoms with Gasteiger partial charge in [-0.2, -0.15) is 0 Å². The number of ether oxygens (including phenoxy) is 1. The molecule has 0 bridgehead atoms. The predicted molar refractivity (Wildman–Crippen MR) is 76.7 cm³/mol. The van der Waals surface area contributed by atoms with Gasteiger partial charge in [-0.1, -0.05) is 34.6 Å². The summed E-state index contributed by atoms with van der Waals surface area (Å²) in [5, 5.41) is 3.92. The van der Waals surface area contributed by atoms with Crippen molar-refractivity contribution < 1.29 is 4.74 Å². The van der Waals surface area contributed by atoms with Gasteiger partial charge in [0.2, 0.25) is 0 Å². The minimum atomic E-state index is 0.293. The SMILES string of the molecule is COC1CC(NC2CCC(C)(C)CC2C)C1(C)C. The van der Waals surface area contributed by atoms with Gasteiger partial charge in [0, 0.05) is 24.6 Å². The monoisotopic (exact) mass is 253 g/mol. The molecule has 4 unspecified atom stereocenters. The fraction of sp³-hybridized carbons (Fsp3) is 1.00. The lowest BCUT2D eigenvalue weighted by Gasteiger charge is -2.54. The molecule has 2 nitrogen and oxygen atoms in total. The first-order valence-corrected chi connectivity index (χ1v) is 7.55. The second-order valence-electron chi connectivity index (χ2n) is 7.99. The fourth-order valence-corrected chi connectivity index (χ4v) is 4.02. The maximum absolute atomic E-state index is 5.54. The predicted octanol–water partition coefficient (Wildman–Crippen LogP) is 3.60. The number of hydrogen-bond acceptors (Lipinski definition) is 2. The van der Waals surface area contributed by atoms with Crippen molar-refractivity contribution in [3.05, 3.63) is 0 Å². The average molecular weight is 253 g/mol. The van der Waals surface area contributed by atoms with Crippen LogP contribution in [0.25, 0.3) is 0 Å². The maximum Gasteiger partial charge on any atom is 0.0652 e. The van der Waals surface area contributed by atoms with E-state index in [1.807, 2.05) is 7.11 Å². The summed E-state index contributed by atoms with van der Waals surface area (Å²) in [4.78, 5) is 0. The largest absolute Gasteiger partial charge is 0.381 e. The van der Waals surface area contributed by atoms with Crippen LogP contribution in [0.2, 0.25) is 0 Å². The van der Waals surface area contributed by atoms with Crippen LogP contribution in [0.3, 0.4) is 0 Å². The summed E-state index contributed by atoms with van der Waals surface area (Å²) < 4.78 is 5.54. The van der Waals surface area contributed by atoms with Crippen LogP contribution in [0.1, 0.15) is 60.3 Å². The minimum Gasteiger partial charge on any atom is -0.381 e. The summed E-state index contributed by atoms with van der Waals surface area (Å²) in [6.45, 7) is 11.9. The molecule has 0 amide bonds. The summed E-state index contributed by atoms with van der Waals surface area (Å²) >= 11 is 0. The highest BCUT2D eigenvalue weighted by atomic mass is 16.5. The lowest BCUT2D eigenvalue weighted by Crippen LogP contribution is -2.63. The van der Waals surface area contributed by atoms with E-state index in [9.17, 15) is 0 Å². The van der Waals surface area contributed by atoms with Crippen molar-refractivity contribution in [2.45, 2.75) is 78.5 Å². The lowest BCUT2D eigenvalue weighted by atomic mass is 9.63. The molecule has 106 valence electrons. The normalized spacial score (nSPS) is 42.3. The second-order valence-corrected chi connectivity index (χ2v) is 7.99. The van der Waals surface area contributed by atoms with E-state index in [4.69, 9.17) is 4.74 Å². The molecule has 2 fully saturated rings. The van der Waals surface area contributed by atoms with Crippen molar-refractivity contribution in [2.75, 3.05) is 7.11 Å². The highest BCUT2D eigenvalue weighted by Gasteiger charge is 2.49. The van der Waals surface area contributed by atoms with Crippen LogP contribution in [0.5, 0.6) is 0 Å². The molecule has 0 aromatic rings. The first-order valence-electron chi connectivity index (χ1n) is 7.55. The summed E-state index contributed by atoms with van der Waals surface area (Å²) in [5.74, 6) is 0.797. The zero-order chi connectivity index (χ0) is 13.6. The van der Waals surface area contributed by atoms with Crippen molar-refractivity contribution in [3.63, 3.8) is 0 Å². The summed E-state index contributed by atoms with van der Waals surface area (Å²) in [6.07, 6.45) is 5.65. The van der Waals surface area contributed by atoms with E-state index in [2.05, 4.69) is 39.9 Å². The van der Waals surface area contributed by atoms with Gasteiger partial charge in [-0.25, -0.2) is 0 Å². The summed E-state index contributed by atoms with van der Waals surface area (Å²) in [7, 11) is 1.84. The molecule has 0 saturated heterocycles. The van der Waals surface area contributed by atoms with E-state index in [1.165, 1.54) is 25.7 Å². The van der Waals surface area contributed by atoms with Gasteiger partial charge in [0.1, 0.15) is 0 Å². The molecule has 4 atom stereocenters. The van der Waals surface area contributed by atoms with Gasteiger partial charge >= 0.3 is 0 Å². The molecule has 1 N–H and O–H groups in total. The molecule has 0 spiro atoms. The smallest absolute Gasteiger partial charge is 0.0652 e. The first-order chi connectivity index (χ1) is 8.26. The number of nitrogens with one attached hydrogen (secondary N) is 1. The molecule has 2 aliphatic rings. The quantitative estimate of drug-likeness (QED) is 0.829. The highest BCUT2D eigenvalue weighted by Crippen LogP contribution is 2.45. The van der Waals surface area contributed by atoms with Gasteiger partial charge in [-0.15, -0.1) is 0 Å². The third kappa shape index (κ3) is 2.60. The van der Waals surface area contributed by atoms with E-state index in [1.54, 1.807) is 0 Å². The fourth-order valence-electron chi connectivity index (χ4n) is 4.02. The molecule has 2 rings (SSSR count). The van der Waals surface area contributed by atoms with Crippen LogP contribution in [-0.4, -0.2) is 25.3 Å². The van der Waals surface area contributed by atoms with E-state index in [-0.39, 0.29) is 0 Å². The summed E-state index contributed by atoms with van der Waals surface area (Å²) in [5.41, 5.74) is 0.837. The van der Waals surface area contributed by atoms with Crippen LogP contribution in [-0.2, 0) is 4.74 Å². The zero-order valence-corrected chi connectivity index (χ0v) is 13.0. The Morgan fingerprint density at radius 3 is 2.33 bits per heavy atom. The Kier molecular flexibility index (Phi) is 3.81. The minimum absolute atomic E-state index is 0.293. The van der Waals surface area contributed by atoms with E-state index in [0.717, 1.165) is 5.92 Å². The Morgan fingerprint density at radius 1 is 1.17 bits per heavy atom. The van der Waals surface area contributed by atoms with Crippen molar-refractivity contribution >= 4 is 0 Å². The molecule has 0 aromatic heterocycles. The zero-order valence-electron chi connectivity index (χ0n) is 13.0. The molecule has 0 aromatic carbocycles. The van der Waals surface area contributed by atoms with E-state index < -0.39 is 0 Å². The number of methoxy groups -OCH3 is 1. The average Bonchev–Trinajstić information content (AvgIpc) is 2.25. The van der Waals surface area contributed by atoms with Crippen LogP contribution >= 0.6 is 0 Å². The van der Waals surface area contributed by atoms with Gasteiger partial charge in [0.25, 0.3) is 0 Å². The molecule has 2 aliphatic carbocycles. The highest BCUT2D eigenvalue weighted by molar-refractivity contribution is 5.04. The topological polar surface area (TPSA) is 21.3 Å². The third-order valence-electron chi connectivity index (χ3n) is 5.57. The van der Waals surface area contributed by atoms with Gasteiger partial charge < -0.3 is 10.1 Å². The Balaban J connectivity index is 1.88. The summed E-state index contributed by atoms with van der Waals surface area (Å²) in [6, 6.07) is 1.34. The van der Waals surface area contributed by atoms with E-state index >= 15 is 0 Å². The Labute approximate surface area is 113 Å². The van der Waals surface area contributed by atoms with E-state index in [0.29, 0.717) is 29.0 Å². The lowest BCUT2D eigenvalue weighted by molar-refractivity contribution is -0.104. The Hall–Kier alpha value is -0.0800. The van der Waals surface area contributed by atoms with Gasteiger partial charge in [-0.05, 0) is 37.0 Å². The van der Waals surface area contributed by atoms with Gasteiger partial charge in [-0.3, -0.25) is 0 Å². The molecule has 2 heteroatoms. The van der Waals surface area contributed by atoms with Crippen molar-refractivity contribution in [3.8, 4) is 0 Å². The van der Waals surface area contributed by atoms with Crippen LogP contribution in [0.15, 0.2) is 0 Å². The molecular weight excluding hydrogens is 222 g/mol. The van der Waals surface area contributed by atoms with Crippen molar-refractivity contribution in [1.29, 1.82) is 0 Å². The maximum atomic E-state index is 5.54. The number of rotatable bonds is 3. The van der Waals surface area contributed by atoms with Crippen LogP contribution in [0.4, 0.5) is 0 Å². The Morgan fingerprint density at radius 2 is 1.83 bits per heavy atom. The first kappa shape index (κ1) is 14.3. The third-order valence-corrected chi connectivity index (χ3v) is 5.57. The standard InChI is InChI=1S/C16H31NO/c1-11-10-15(2,3)8-7-12(11)17-13-9-14(18-6)16(13,4)5/h11-14,17H,7-10H2,1-6H3. The van der Waals surface area contributed by atoms with Crippen LogP contribution < -0.4 is 5.32 Å². The molecule has 2 saturated carbocycles. The van der Waals surface area contributed by atoms with Gasteiger partial charge in [0.15, 0.2) is 0 Å². The van der Waals surface area contributed by atoms with Crippen molar-refractivity contribution in [2.24, 2.45) is 16.7 Å². The molecule has 18 heavy (non-hydrogen) atoms. The molecule has 0 radical (unpaired) electrons. The molecule has 0 heterocycles.